The summed E-state index contributed by atoms with van der Waals surface area (Å²) >= 11 is 5.26. The van der Waals surface area contributed by atoms with Gasteiger partial charge in [0.1, 0.15) is 0 Å². The molecular weight excluding hydrogens is 240 g/mol. The van der Waals surface area contributed by atoms with E-state index in [1.54, 1.807) is 0 Å². The third kappa shape index (κ3) is 2.51. The van der Waals surface area contributed by atoms with Crippen LogP contribution in [0.3, 0.4) is 0 Å². The van der Waals surface area contributed by atoms with Crippen molar-refractivity contribution in [2.45, 2.75) is 0 Å². The number of thiocarbonyl (C=S) groups is 1. The standard InChI is InChI=1S/C15H14N2S/c18-15(17-10-11-17)16-14-8-6-13(7-9-14)12-4-2-1-3-5-12/h1-9H,10-11H2,(H,16,18). The van der Waals surface area contributed by atoms with Crippen LogP contribution < -0.4 is 5.32 Å². The predicted molar refractivity (Wildman–Crippen MR) is 79.7 cm³/mol. The highest BCUT2D eigenvalue weighted by atomic mass is 32.1. The van der Waals surface area contributed by atoms with Crippen molar-refractivity contribution in [3.8, 4) is 11.1 Å². The van der Waals surface area contributed by atoms with Crippen molar-refractivity contribution >= 4 is 23.0 Å². The smallest absolute Gasteiger partial charge is 0.173 e. The zero-order valence-electron chi connectivity index (χ0n) is 9.97. The molecule has 0 aliphatic carbocycles. The van der Waals surface area contributed by atoms with Crippen LogP contribution in [0.5, 0.6) is 0 Å². The summed E-state index contributed by atoms with van der Waals surface area (Å²) in [7, 11) is 0. The van der Waals surface area contributed by atoms with Gasteiger partial charge in [0.15, 0.2) is 5.11 Å². The van der Waals surface area contributed by atoms with E-state index < -0.39 is 0 Å². The fourth-order valence-electron chi connectivity index (χ4n) is 1.83. The van der Waals surface area contributed by atoms with Gasteiger partial charge in [0.2, 0.25) is 0 Å². The van der Waals surface area contributed by atoms with Crippen LogP contribution >= 0.6 is 12.2 Å². The summed E-state index contributed by atoms with van der Waals surface area (Å²) in [5.74, 6) is 0. The van der Waals surface area contributed by atoms with Crippen LogP contribution in [0.4, 0.5) is 5.69 Å². The second-order valence-electron chi connectivity index (χ2n) is 4.36. The van der Waals surface area contributed by atoms with Gasteiger partial charge in [0.25, 0.3) is 0 Å². The molecule has 0 spiro atoms. The molecule has 1 heterocycles. The minimum atomic E-state index is 0.822. The van der Waals surface area contributed by atoms with Gasteiger partial charge < -0.3 is 10.2 Å². The lowest BCUT2D eigenvalue weighted by atomic mass is 10.1. The Balaban J connectivity index is 1.74. The number of nitrogens with zero attached hydrogens (tertiary/aromatic N) is 1. The Kier molecular flexibility index (Phi) is 2.99. The molecule has 3 heteroatoms. The molecule has 1 N–H and O–H groups in total. The number of rotatable bonds is 2. The summed E-state index contributed by atoms with van der Waals surface area (Å²) < 4.78 is 0. The molecule has 1 saturated heterocycles. The first-order valence-corrected chi connectivity index (χ1v) is 6.45. The molecule has 18 heavy (non-hydrogen) atoms. The van der Waals surface area contributed by atoms with E-state index in [1.165, 1.54) is 11.1 Å². The SMILES string of the molecule is S=C(Nc1ccc(-c2ccccc2)cc1)N1CC1. The van der Waals surface area contributed by atoms with E-state index in [0.29, 0.717) is 0 Å². The van der Waals surface area contributed by atoms with Crippen LogP contribution in [0, 0.1) is 0 Å². The Morgan fingerprint density at radius 2 is 1.50 bits per heavy atom. The van der Waals surface area contributed by atoms with E-state index in [4.69, 9.17) is 12.2 Å². The zero-order chi connectivity index (χ0) is 12.4. The van der Waals surface area contributed by atoms with Crippen molar-refractivity contribution < 1.29 is 0 Å². The lowest BCUT2D eigenvalue weighted by Crippen LogP contribution is -2.17. The third-order valence-electron chi connectivity index (χ3n) is 2.98. The Morgan fingerprint density at radius 1 is 0.889 bits per heavy atom. The van der Waals surface area contributed by atoms with Crippen LogP contribution in [-0.2, 0) is 0 Å². The normalized spacial score (nSPS) is 13.2. The van der Waals surface area contributed by atoms with Crippen molar-refractivity contribution in [1.29, 1.82) is 0 Å². The molecule has 0 amide bonds. The predicted octanol–water partition coefficient (Wildman–Crippen LogP) is 3.37. The lowest BCUT2D eigenvalue weighted by molar-refractivity contribution is 0.862. The van der Waals surface area contributed by atoms with Crippen molar-refractivity contribution in [2.75, 3.05) is 18.4 Å². The summed E-state index contributed by atoms with van der Waals surface area (Å²) in [5.41, 5.74) is 3.50. The van der Waals surface area contributed by atoms with E-state index >= 15 is 0 Å². The molecule has 1 aliphatic rings. The third-order valence-corrected chi connectivity index (χ3v) is 3.34. The molecule has 3 rings (SSSR count). The maximum Gasteiger partial charge on any atom is 0.173 e. The van der Waals surface area contributed by atoms with E-state index in [0.717, 1.165) is 23.9 Å². The van der Waals surface area contributed by atoms with Crippen molar-refractivity contribution in [3.05, 3.63) is 54.6 Å². The van der Waals surface area contributed by atoms with Crippen LogP contribution in [-0.4, -0.2) is 23.1 Å². The lowest BCUT2D eigenvalue weighted by Gasteiger charge is -2.09. The fraction of sp³-hybridized carbons (Fsp3) is 0.133. The Bertz CT molecular complexity index is 544. The van der Waals surface area contributed by atoms with Gasteiger partial charge >= 0.3 is 0 Å². The minimum Gasteiger partial charge on any atom is -0.345 e. The fourth-order valence-corrected chi connectivity index (χ4v) is 2.13. The summed E-state index contributed by atoms with van der Waals surface area (Å²) in [6.45, 7) is 2.15. The first-order valence-electron chi connectivity index (χ1n) is 6.04. The molecule has 0 aromatic heterocycles. The number of anilines is 1. The molecule has 2 aromatic rings. The second kappa shape index (κ2) is 4.78. The van der Waals surface area contributed by atoms with Gasteiger partial charge in [-0.1, -0.05) is 42.5 Å². The zero-order valence-corrected chi connectivity index (χ0v) is 10.8. The highest BCUT2D eigenvalue weighted by molar-refractivity contribution is 7.80. The molecule has 0 unspecified atom stereocenters. The molecule has 2 aromatic carbocycles. The maximum absolute atomic E-state index is 5.26. The van der Waals surface area contributed by atoms with E-state index in [2.05, 4.69) is 58.7 Å². The molecule has 0 bridgehead atoms. The van der Waals surface area contributed by atoms with Crippen LogP contribution in [0.1, 0.15) is 0 Å². The summed E-state index contributed by atoms with van der Waals surface area (Å²) in [5, 5.41) is 4.06. The molecule has 1 fully saturated rings. The molecule has 90 valence electrons. The first kappa shape index (κ1) is 11.2. The average Bonchev–Trinajstić information content (AvgIpc) is 3.25. The monoisotopic (exact) mass is 254 g/mol. The second-order valence-corrected chi connectivity index (χ2v) is 4.75. The van der Waals surface area contributed by atoms with Crippen molar-refractivity contribution in [2.24, 2.45) is 0 Å². The van der Waals surface area contributed by atoms with E-state index in [-0.39, 0.29) is 0 Å². The topological polar surface area (TPSA) is 15.0 Å². The van der Waals surface area contributed by atoms with Gasteiger partial charge in [-0.3, -0.25) is 0 Å². The summed E-state index contributed by atoms with van der Waals surface area (Å²) in [4.78, 5) is 2.13. The van der Waals surface area contributed by atoms with Crippen LogP contribution in [0.25, 0.3) is 11.1 Å². The summed E-state index contributed by atoms with van der Waals surface area (Å²) in [6.07, 6.45) is 0. The van der Waals surface area contributed by atoms with Crippen LogP contribution in [0.15, 0.2) is 54.6 Å². The van der Waals surface area contributed by atoms with Gasteiger partial charge in [0.05, 0.1) is 0 Å². The van der Waals surface area contributed by atoms with Gasteiger partial charge in [-0.05, 0) is 35.5 Å². The van der Waals surface area contributed by atoms with Gasteiger partial charge in [-0.25, -0.2) is 0 Å². The highest BCUT2D eigenvalue weighted by Gasteiger charge is 2.20. The minimum absolute atomic E-state index is 0.822. The van der Waals surface area contributed by atoms with Gasteiger partial charge in [-0.15, -0.1) is 0 Å². The molecule has 1 aliphatic heterocycles. The highest BCUT2D eigenvalue weighted by Crippen LogP contribution is 2.21. The van der Waals surface area contributed by atoms with Crippen LogP contribution in [0.2, 0.25) is 0 Å². The van der Waals surface area contributed by atoms with E-state index in [1.807, 2.05) is 6.07 Å². The molecule has 2 nitrogen and oxygen atoms in total. The number of benzene rings is 2. The number of hydrogen-bond donors (Lipinski definition) is 1. The molecular formula is C15H14N2S. The van der Waals surface area contributed by atoms with Crippen molar-refractivity contribution in [1.82, 2.24) is 4.90 Å². The van der Waals surface area contributed by atoms with E-state index in [9.17, 15) is 0 Å². The molecule has 0 saturated carbocycles. The number of hydrogen-bond acceptors (Lipinski definition) is 1. The Hall–Kier alpha value is -1.87. The molecule has 0 atom stereocenters. The average molecular weight is 254 g/mol. The number of nitrogens with one attached hydrogen (secondary N) is 1. The largest absolute Gasteiger partial charge is 0.345 e. The Morgan fingerprint density at radius 3 is 2.11 bits per heavy atom. The Labute approximate surface area is 112 Å². The molecule has 0 radical (unpaired) electrons. The quantitative estimate of drug-likeness (QED) is 0.653. The maximum atomic E-state index is 5.26. The van der Waals surface area contributed by atoms with Crippen molar-refractivity contribution in [3.63, 3.8) is 0 Å². The van der Waals surface area contributed by atoms with Gasteiger partial charge in [-0.2, -0.15) is 0 Å². The summed E-state index contributed by atoms with van der Waals surface area (Å²) in [6, 6.07) is 18.7. The van der Waals surface area contributed by atoms with Gasteiger partial charge in [0, 0.05) is 18.8 Å². The first-order chi connectivity index (χ1) is 8.83.